The summed E-state index contributed by atoms with van der Waals surface area (Å²) in [5.41, 5.74) is 0.979. The van der Waals surface area contributed by atoms with Crippen LogP contribution in [0.1, 0.15) is 10.7 Å². The average Bonchev–Trinajstić information content (AvgIpc) is 2.65. The van der Waals surface area contributed by atoms with E-state index in [4.69, 9.17) is 4.74 Å². The second-order valence-corrected chi connectivity index (χ2v) is 4.37. The second kappa shape index (κ2) is 7.32. The lowest BCUT2D eigenvalue weighted by molar-refractivity contribution is -0.120. The van der Waals surface area contributed by atoms with E-state index in [1.54, 1.807) is 18.4 Å². The molecular weight excluding hydrogens is 226 g/mol. The van der Waals surface area contributed by atoms with Crippen molar-refractivity contribution in [3.8, 4) is 0 Å². The van der Waals surface area contributed by atoms with Gasteiger partial charge in [-0.25, -0.2) is 4.98 Å². The van der Waals surface area contributed by atoms with Crippen molar-refractivity contribution in [3.63, 3.8) is 0 Å². The fourth-order valence-corrected chi connectivity index (χ4v) is 1.76. The lowest BCUT2D eigenvalue weighted by atomic mass is 10.4. The molecule has 0 saturated heterocycles. The van der Waals surface area contributed by atoms with Gasteiger partial charge in [-0.05, 0) is 6.92 Å². The fraction of sp³-hybridized carbons (Fsp3) is 0.600. The van der Waals surface area contributed by atoms with Crippen molar-refractivity contribution >= 4 is 17.2 Å². The number of carbonyl (C=O) groups excluding carboxylic acids is 1. The molecule has 0 radical (unpaired) electrons. The zero-order valence-corrected chi connectivity index (χ0v) is 10.4. The van der Waals surface area contributed by atoms with Gasteiger partial charge < -0.3 is 15.4 Å². The molecule has 6 heteroatoms. The first-order valence-corrected chi connectivity index (χ1v) is 5.97. The first kappa shape index (κ1) is 13.1. The van der Waals surface area contributed by atoms with Crippen LogP contribution in [-0.4, -0.2) is 37.7 Å². The molecule has 0 aliphatic heterocycles. The number of aromatic nitrogens is 1. The van der Waals surface area contributed by atoms with Crippen LogP contribution < -0.4 is 10.6 Å². The SMILES string of the molecule is COCCNC(=O)CNCc1csc(C)n1. The Hall–Kier alpha value is -0.980. The van der Waals surface area contributed by atoms with Crippen molar-refractivity contribution in [1.82, 2.24) is 15.6 Å². The van der Waals surface area contributed by atoms with Gasteiger partial charge in [0, 0.05) is 25.6 Å². The summed E-state index contributed by atoms with van der Waals surface area (Å²) in [6.07, 6.45) is 0. The zero-order valence-electron chi connectivity index (χ0n) is 9.58. The molecule has 0 unspecified atom stereocenters. The number of rotatable bonds is 7. The molecule has 0 aliphatic rings. The molecule has 0 atom stereocenters. The third kappa shape index (κ3) is 5.20. The Morgan fingerprint density at radius 2 is 2.44 bits per heavy atom. The molecule has 1 heterocycles. The van der Waals surface area contributed by atoms with E-state index in [1.807, 2.05) is 12.3 Å². The number of methoxy groups -OCH3 is 1. The first-order valence-electron chi connectivity index (χ1n) is 5.09. The maximum atomic E-state index is 11.3. The van der Waals surface area contributed by atoms with Crippen molar-refractivity contribution in [2.24, 2.45) is 0 Å². The highest BCUT2D eigenvalue weighted by atomic mass is 32.1. The number of hydrogen-bond acceptors (Lipinski definition) is 5. The maximum Gasteiger partial charge on any atom is 0.234 e. The Kier molecular flexibility index (Phi) is 5.99. The highest BCUT2D eigenvalue weighted by molar-refractivity contribution is 7.09. The number of carbonyl (C=O) groups is 1. The highest BCUT2D eigenvalue weighted by Gasteiger charge is 2.01. The number of nitrogens with zero attached hydrogens (tertiary/aromatic N) is 1. The molecule has 1 aromatic rings. The summed E-state index contributed by atoms with van der Waals surface area (Å²) in [6, 6.07) is 0. The van der Waals surface area contributed by atoms with Gasteiger partial charge in [0.1, 0.15) is 0 Å². The number of ether oxygens (including phenoxy) is 1. The Balaban J connectivity index is 2.08. The largest absolute Gasteiger partial charge is 0.383 e. The van der Waals surface area contributed by atoms with E-state index in [1.165, 1.54) is 0 Å². The van der Waals surface area contributed by atoms with Gasteiger partial charge in [-0.2, -0.15) is 0 Å². The number of hydrogen-bond donors (Lipinski definition) is 2. The van der Waals surface area contributed by atoms with Crippen LogP contribution in [0.15, 0.2) is 5.38 Å². The van der Waals surface area contributed by atoms with Crippen LogP contribution in [0.2, 0.25) is 0 Å². The normalized spacial score (nSPS) is 10.4. The summed E-state index contributed by atoms with van der Waals surface area (Å²) in [6.45, 7) is 3.98. The van der Waals surface area contributed by atoms with E-state index in [-0.39, 0.29) is 5.91 Å². The second-order valence-electron chi connectivity index (χ2n) is 3.30. The monoisotopic (exact) mass is 243 g/mol. The predicted octanol–water partition coefficient (Wildman–Crippen LogP) is 0.304. The summed E-state index contributed by atoms with van der Waals surface area (Å²) in [7, 11) is 1.61. The summed E-state index contributed by atoms with van der Waals surface area (Å²) < 4.78 is 4.83. The van der Waals surface area contributed by atoms with E-state index in [0.717, 1.165) is 10.7 Å². The third-order valence-corrected chi connectivity index (χ3v) is 2.71. The zero-order chi connectivity index (χ0) is 11.8. The van der Waals surface area contributed by atoms with Gasteiger partial charge in [-0.3, -0.25) is 4.79 Å². The number of aryl methyl sites for hydroxylation is 1. The minimum Gasteiger partial charge on any atom is -0.383 e. The molecule has 16 heavy (non-hydrogen) atoms. The van der Waals surface area contributed by atoms with Gasteiger partial charge in [-0.15, -0.1) is 11.3 Å². The standard InChI is InChI=1S/C10H17N3O2S/c1-8-13-9(7-16-8)5-11-6-10(14)12-3-4-15-2/h7,11H,3-6H2,1-2H3,(H,12,14). The molecule has 0 aliphatic carbocycles. The van der Waals surface area contributed by atoms with E-state index in [0.29, 0.717) is 26.2 Å². The molecule has 0 bridgehead atoms. The van der Waals surface area contributed by atoms with Gasteiger partial charge in [0.2, 0.25) is 5.91 Å². The smallest absolute Gasteiger partial charge is 0.234 e. The lowest BCUT2D eigenvalue weighted by Crippen LogP contribution is -2.35. The third-order valence-electron chi connectivity index (χ3n) is 1.89. The molecule has 0 aromatic carbocycles. The van der Waals surface area contributed by atoms with Gasteiger partial charge in [0.05, 0.1) is 23.9 Å². The van der Waals surface area contributed by atoms with E-state index < -0.39 is 0 Å². The van der Waals surface area contributed by atoms with Crippen LogP contribution in [0.4, 0.5) is 0 Å². The first-order chi connectivity index (χ1) is 7.72. The molecule has 1 amide bonds. The minimum atomic E-state index is -0.0241. The minimum absolute atomic E-state index is 0.0241. The lowest BCUT2D eigenvalue weighted by Gasteiger charge is -2.04. The van der Waals surface area contributed by atoms with Crippen LogP contribution in [0.25, 0.3) is 0 Å². The van der Waals surface area contributed by atoms with Crippen molar-refractivity contribution in [1.29, 1.82) is 0 Å². The highest BCUT2D eigenvalue weighted by Crippen LogP contribution is 2.06. The summed E-state index contributed by atoms with van der Waals surface area (Å²) in [5, 5.41) is 8.80. The van der Waals surface area contributed by atoms with Crippen LogP contribution in [0.5, 0.6) is 0 Å². The molecule has 1 rings (SSSR count). The maximum absolute atomic E-state index is 11.3. The molecule has 0 fully saturated rings. The van der Waals surface area contributed by atoms with Crippen LogP contribution in [-0.2, 0) is 16.1 Å². The van der Waals surface area contributed by atoms with E-state index >= 15 is 0 Å². The Labute approximate surface area is 99.2 Å². The molecule has 5 nitrogen and oxygen atoms in total. The van der Waals surface area contributed by atoms with Crippen molar-refractivity contribution in [2.75, 3.05) is 26.8 Å². The van der Waals surface area contributed by atoms with Gasteiger partial charge in [0.15, 0.2) is 0 Å². The molecule has 0 saturated carbocycles. The Bertz CT molecular complexity index is 328. The fourth-order valence-electron chi connectivity index (χ4n) is 1.15. The van der Waals surface area contributed by atoms with Gasteiger partial charge in [0.25, 0.3) is 0 Å². The number of thiazole rings is 1. The topological polar surface area (TPSA) is 63.2 Å². The van der Waals surface area contributed by atoms with Crippen LogP contribution >= 0.6 is 11.3 Å². The van der Waals surface area contributed by atoms with E-state index in [9.17, 15) is 4.79 Å². The molecule has 0 spiro atoms. The summed E-state index contributed by atoms with van der Waals surface area (Å²) >= 11 is 1.61. The predicted molar refractivity (Wildman–Crippen MR) is 63.4 cm³/mol. The van der Waals surface area contributed by atoms with Crippen molar-refractivity contribution < 1.29 is 9.53 Å². The van der Waals surface area contributed by atoms with Crippen LogP contribution in [0.3, 0.4) is 0 Å². The van der Waals surface area contributed by atoms with Crippen LogP contribution in [0, 0.1) is 6.92 Å². The quantitative estimate of drug-likeness (QED) is 0.676. The summed E-state index contributed by atoms with van der Waals surface area (Å²) in [4.78, 5) is 15.6. The number of amides is 1. The van der Waals surface area contributed by atoms with Crippen molar-refractivity contribution in [3.05, 3.63) is 16.1 Å². The number of nitrogens with one attached hydrogen (secondary N) is 2. The molecule has 1 aromatic heterocycles. The van der Waals surface area contributed by atoms with Crippen molar-refractivity contribution in [2.45, 2.75) is 13.5 Å². The molecule has 2 N–H and O–H groups in total. The van der Waals surface area contributed by atoms with E-state index in [2.05, 4.69) is 15.6 Å². The van der Waals surface area contributed by atoms with Gasteiger partial charge >= 0.3 is 0 Å². The molecule has 90 valence electrons. The average molecular weight is 243 g/mol. The molecular formula is C10H17N3O2S. The Morgan fingerprint density at radius 3 is 3.06 bits per heavy atom. The van der Waals surface area contributed by atoms with Gasteiger partial charge in [-0.1, -0.05) is 0 Å². The summed E-state index contributed by atoms with van der Waals surface area (Å²) in [5.74, 6) is -0.0241. The Morgan fingerprint density at radius 1 is 1.62 bits per heavy atom.